The summed E-state index contributed by atoms with van der Waals surface area (Å²) in [5, 5.41) is 96.8. The van der Waals surface area contributed by atoms with Crippen LogP contribution in [-0.2, 0) is 18.9 Å². The van der Waals surface area contributed by atoms with Gasteiger partial charge in [-0.05, 0) is 0 Å². The lowest BCUT2D eigenvalue weighted by Crippen LogP contribution is -2.62. The molecule has 2 aliphatic heterocycles. The third kappa shape index (κ3) is 5.25. The van der Waals surface area contributed by atoms with Crippen LogP contribution in [0, 0.1) is 0 Å². The van der Waals surface area contributed by atoms with Crippen molar-refractivity contribution in [2.24, 2.45) is 0 Å². The Morgan fingerprint density at radius 3 is 2.03 bits per heavy atom. The maximum Gasteiger partial charge on any atom is 0.224 e. The van der Waals surface area contributed by atoms with Gasteiger partial charge in [0.1, 0.15) is 61.5 Å². The van der Waals surface area contributed by atoms with E-state index in [1.807, 2.05) is 0 Å². The van der Waals surface area contributed by atoms with E-state index in [0.717, 1.165) is 0 Å². The third-order valence-corrected chi connectivity index (χ3v) is 5.09. The van der Waals surface area contributed by atoms with Crippen molar-refractivity contribution in [2.45, 2.75) is 67.0 Å². The van der Waals surface area contributed by atoms with Crippen LogP contribution in [0.3, 0.4) is 0 Å². The smallest absolute Gasteiger partial charge is 0.224 e. The summed E-state index contributed by atoms with van der Waals surface area (Å²) in [6.45, 7) is -3.33. The van der Waals surface area contributed by atoms with E-state index in [1.165, 1.54) is 0 Å². The fraction of sp³-hybridized carbons (Fsp3) is 1.00. The van der Waals surface area contributed by atoms with E-state index in [2.05, 4.69) is 0 Å². The average Bonchev–Trinajstić information content (AvgIpc) is 2.99. The van der Waals surface area contributed by atoms with Crippen molar-refractivity contribution in [1.82, 2.24) is 0 Å². The molecule has 2 saturated heterocycles. The topological polar surface area (TPSA) is 239 Å². The quantitative estimate of drug-likeness (QED) is 0.150. The zero-order valence-electron chi connectivity index (χ0n) is 15.9. The molecule has 11 atom stereocenters. The van der Waals surface area contributed by atoms with Gasteiger partial charge < -0.3 is 70.0 Å². The summed E-state index contributed by atoms with van der Waals surface area (Å²) in [5.41, 5.74) is 0. The monoisotopic (exact) mass is 446 g/mol. The van der Waals surface area contributed by atoms with E-state index in [9.17, 15) is 46.0 Å². The second-order valence-electron chi connectivity index (χ2n) is 7.23. The number of hydrogen-bond donors (Lipinski definition) is 10. The van der Waals surface area contributed by atoms with Crippen LogP contribution in [0.1, 0.15) is 0 Å². The lowest BCUT2D eigenvalue weighted by molar-refractivity contribution is -0.384. The molecule has 10 N–H and O–H groups in total. The average molecular weight is 446 g/mol. The van der Waals surface area contributed by atoms with Gasteiger partial charge in [-0.2, -0.15) is 0 Å². The molecule has 2 fully saturated rings. The van der Waals surface area contributed by atoms with Gasteiger partial charge in [0.2, 0.25) is 5.79 Å². The summed E-state index contributed by atoms with van der Waals surface area (Å²) in [7, 11) is 0. The lowest BCUT2D eigenvalue weighted by Gasteiger charge is -2.43. The van der Waals surface area contributed by atoms with Gasteiger partial charge in [-0.15, -0.1) is 0 Å². The van der Waals surface area contributed by atoms with Gasteiger partial charge in [0.15, 0.2) is 6.29 Å². The van der Waals surface area contributed by atoms with E-state index in [-0.39, 0.29) is 0 Å². The van der Waals surface area contributed by atoms with Gasteiger partial charge in [0, 0.05) is 0 Å². The van der Waals surface area contributed by atoms with Gasteiger partial charge in [-0.25, -0.2) is 0 Å². The highest BCUT2D eigenvalue weighted by Crippen LogP contribution is 2.36. The Balaban J connectivity index is 2.05. The van der Waals surface area contributed by atoms with Crippen molar-refractivity contribution in [3.63, 3.8) is 0 Å². The van der Waals surface area contributed by atoms with E-state index >= 15 is 0 Å². The molecule has 0 radical (unpaired) electrons. The zero-order chi connectivity index (χ0) is 22.6. The zero-order valence-corrected chi connectivity index (χ0v) is 15.9. The Kier molecular flexibility index (Phi) is 9.29. The Morgan fingerprint density at radius 2 is 1.50 bits per heavy atom. The first kappa shape index (κ1) is 25.7. The van der Waals surface area contributed by atoms with Crippen LogP contribution < -0.4 is 0 Å². The lowest BCUT2D eigenvalue weighted by atomic mass is 9.99. The highest BCUT2D eigenvalue weighted by atomic mass is 16.8. The Labute approximate surface area is 171 Å². The minimum absolute atomic E-state index is 0.447. The maximum atomic E-state index is 10.2. The molecule has 0 bridgehead atoms. The summed E-state index contributed by atoms with van der Waals surface area (Å²) in [6.07, 6.45) is -16.1. The molecule has 2 rings (SSSR count). The predicted octanol–water partition coefficient (Wildman–Crippen LogP) is -6.66. The predicted molar refractivity (Wildman–Crippen MR) is 91.5 cm³/mol. The molecule has 0 aromatic rings. The molecule has 0 unspecified atom stereocenters. The SMILES string of the molecule is OC[C@@H](O)[C@@H](O)COC[C@H]1O[C@H](O[C@]2(CO)O[C@H](CO)[C@@H](O)[C@@H]2O)[C@H](O)[C@@H](O)[C@@H]1O. The first-order valence-electron chi connectivity index (χ1n) is 9.29. The molecule has 0 aromatic heterocycles. The number of aliphatic hydroxyl groups is 10. The summed E-state index contributed by atoms with van der Waals surface area (Å²) in [6, 6.07) is 0. The molecule has 30 heavy (non-hydrogen) atoms. The van der Waals surface area contributed by atoms with Crippen molar-refractivity contribution in [3.05, 3.63) is 0 Å². The highest BCUT2D eigenvalue weighted by Gasteiger charge is 2.58. The molecule has 2 heterocycles. The van der Waals surface area contributed by atoms with Gasteiger partial charge in [0.25, 0.3) is 0 Å². The molecular formula is C16H30O14. The van der Waals surface area contributed by atoms with Crippen LogP contribution >= 0.6 is 0 Å². The molecule has 0 spiro atoms. The third-order valence-electron chi connectivity index (χ3n) is 5.09. The van der Waals surface area contributed by atoms with Crippen molar-refractivity contribution in [3.8, 4) is 0 Å². The van der Waals surface area contributed by atoms with Crippen LogP contribution in [0.15, 0.2) is 0 Å². The molecule has 0 aliphatic carbocycles. The van der Waals surface area contributed by atoms with Crippen LogP contribution in [0.4, 0.5) is 0 Å². The Bertz CT molecular complexity index is 524. The molecule has 14 heteroatoms. The minimum Gasteiger partial charge on any atom is -0.394 e. The first-order chi connectivity index (χ1) is 14.1. The molecule has 14 nitrogen and oxygen atoms in total. The van der Waals surface area contributed by atoms with Crippen molar-refractivity contribution in [2.75, 3.05) is 33.0 Å². The maximum absolute atomic E-state index is 10.2. The van der Waals surface area contributed by atoms with E-state index in [0.29, 0.717) is 0 Å². The second kappa shape index (κ2) is 10.8. The number of rotatable bonds is 10. The van der Waals surface area contributed by atoms with Gasteiger partial charge in [0.05, 0.1) is 26.4 Å². The highest BCUT2D eigenvalue weighted by molar-refractivity contribution is 4.98. The van der Waals surface area contributed by atoms with Gasteiger partial charge in [-0.3, -0.25) is 0 Å². The summed E-state index contributed by atoms with van der Waals surface area (Å²) >= 11 is 0. The van der Waals surface area contributed by atoms with Crippen molar-refractivity contribution < 1.29 is 70.0 Å². The molecular weight excluding hydrogens is 416 g/mol. The summed E-state index contributed by atoms with van der Waals surface area (Å²) in [5.74, 6) is -2.30. The summed E-state index contributed by atoms with van der Waals surface area (Å²) < 4.78 is 21.0. The Hall–Kier alpha value is -0.560. The number of hydrogen-bond acceptors (Lipinski definition) is 14. The van der Waals surface area contributed by atoms with Gasteiger partial charge >= 0.3 is 0 Å². The largest absolute Gasteiger partial charge is 0.394 e. The molecule has 0 aromatic carbocycles. The normalized spacial score (nSPS) is 44.2. The second-order valence-corrected chi connectivity index (χ2v) is 7.23. The van der Waals surface area contributed by atoms with Crippen LogP contribution in [0.2, 0.25) is 0 Å². The molecule has 178 valence electrons. The van der Waals surface area contributed by atoms with E-state index in [1.54, 1.807) is 0 Å². The molecule has 2 aliphatic rings. The fourth-order valence-corrected chi connectivity index (χ4v) is 3.16. The van der Waals surface area contributed by atoms with Crippen molar-refractivity contribution in [1.29, 1.82) is 0 Å². The molecule has 0 saturated carbocycles. The van der Waals surface area contributed by atoms with E-state index < -0.39 is 100 Å². The minimum atomic E-state index is -2.30. The van der Waals surface area contributed by atoms with Crippen molar-refractivity contribution >= 4 is 0 Å². The van der Waals surface area contributed by atoms with Crippen LogP contribution in [0.5, 0.6) is 0 Å². The van der Waals surface area contributed by atoms with Crippen LogP contribution in [-0.4, -0.2) is 151 Å². The molecule has 0 amide bonds. The number of aliphatic hydroxyl groups excluding tert-OH is 10. The van der Waals surface area contributed by atoms with Gasteiger partial charge in [-0.1, -0.05) is 0 Å². The standard InChI is InChI=1S/C16H30O14/c17-1-6(20)7(21)3-27-4-9-10(22)12(24)13(25)15(28-9)30-16(5-19)14(26)11(23)8(2-18)29-16/h6-15,17-26H,1-5H2/t6-,7+,8-,9-,10-,11-,12+,13-,14+,15-,16+/m1/s1. The first-order valence-corrected chi connectivity index (χ1v) is 9.29. The summed E-state index contributed by atoms with van der Waals surface area (Å²) in [4.78, 5) is 0. The number of ether oxygens (including phenoxy) is 4. The fourth-order valence-electron chi connectivity index (χ4n) is 3.16. The van der Waals surface area contributed by atoms with Crippen LogP contribution in [0.25, 0.3) is 0 Å². The van der Waals surface area contributed by atoms with E-state index in [4.69, 9.17) is 24.1 Å². The Morgan fingerprint density at radius 1 is 0.833 bits per heavy atom.